The molecule has 8 heteroatoms. The lowest BCUT2D eigenvalue weighted by Crippen LogP contribution is -2.53. The molecule has 0 radical (unpaired) electrons. The fourth-order valence-corrected chi connectivity index (χ4v) is 4.91. The van der Waals surface area contributed by atoms with Crippen molar-refractivity contribution < 1.29 is 17.6 Å². The van der Waals surface area contributed by atoms with Crippen molar-refractivity contribution in [3.8, 4) is 0 Å². The largest absolute Gasteiger partial charge is 0.337 e. The number of benzene rings is 2. The maximum Gasteiger partial charge on any atom is 0.317 e. The number of rotatable bonds is 6. The molecule has 1 atom stereocenters. The Hall–Kier alpha value is -2.45. The number of nitrogens with zero attached hydrogens (tertiary/aromatic N) is 2. The number of carbonyl (C=O) groups excluding carboxylic acids is 1. The summed E-state index contributed by atoms with van der Waals surface area (Å²) in [5, 5.41) is 2.96. The number of amides is 2. The lowest BCUT2D eigenvalue weighted by atomic mass is 9.97. The van der Waals surface area contributed by atoms with Crippen molar-refractivity contribution in [2.45, 2.75) is 24.2 Å². The van der Waals surface area contributed by atoms with Crippen molar-refractivity contribution in [3.63, 3.8) is 0 Å². The van der Waals surface area contributed by atoms with E-state index < -0.39 is 15.8 Å². The van der Waals surface area contributed by atoms with Gasteiger partial charge in [0, 0.05) is 38.6 Å². The van der Waals surface area contributed by atoms with Crippen molar-refractivity contribution in [2.75, 3.05) is 32.7 Å². The third-order valence-corrected chi connectivity index (χ3v) is 7.12. The van der Waals surface area contributed by atoms with Crippen LogP contribution in [0, 0.1) is 5.82 Å². The first-order valence-corrected chi connectivity index (χ1v) is 11.2. The standard InChI is InChI=1S/C21H26FN3O3S/c1-2-17(18-7-4-3-5-8-18)16-23-21(26)24-11-13-25(14-12-24)29(27,28)20-10-6-9-19(22)15-20/h3-10,15,17H,2,11-14,16H2,1H3,(H,23,26). The van der Waals surface area contributed by atoms with E-state index in [1.165, 1.54) is 28.1 Å². The Balaban J connectivity index is 1.54. The SMILES string of the molecule is CCC(CNC(=O)N1CCN(S(=O)(=O)c2cccc(F)c2)CC1)c1ccccc1. The molecule has 2 aromatic carbocycles. The van der Waals surface area contributed by atoms with Crippen LogP contribution in [0.1, 0.15) is 24.8 Å². The van der Waals surface area contributed by atoms with Gasteiger partial charge in [-0.2, -0.15) is 4.31 Å². The highest BCUT2D eigenvalue weighted by molar-refractivity contribution is 7.89. The van der Waals surface area contributed by atoms with Gasteiger partial charge >= 0.3 is 6.03 Å². The van der Waals surface area contributed by atoms with Gasteiger partial charge in [-0.25, -0.2) is 17.6 Å². The molecule has 156 valence electrons. The number of urea groups is 1. The minimum absolute atomic E-state index is 0.0657. The summed E-state index contributed by atoms with van der Waals surface area (Å²) in [6, 6.07) is 14.8. The fraction of sp³-hybridized carbons (Fsp3) is 0.381. The lowest BCUT2D eigenvalue weighted by Gasteiger charge is -2.34. The van der Waals surface area contributed by atoms with Crippen LogP contribution in [-0.2, 0) is 10.0 Å². The van der Waals surface area contributed by atoms with E-state index in [9.17, 15) is 17.6 Å². The van der Waals surface area contributed by atoms with E-state index in [-0.39, 0.29) is 29.9 Å². The van der Waals surface area contributed by atoms with Crippen molar-refractivity contribution >= 4 is 16.1 Å². The maximum atomic E-state index is 13.4. The number of sulfonamides is 1. The van der Waals surface area contributed by atoms with Crippen LogP contribution in [0.3, 0.4) is 0 Å². The first-order valence-electron chi connectivity index (χ1n) is 9.75. The average molecular weight is 420 g/mol. The van der Waals surface area contributed by atoms with Gasteiger partial charge in [-0.1, -0.05) is 43.3 Å². The summed E-state index contributed by atoms with van der Waals surface area (Å²) in [5.41, 5.74) is 1.18. The van der Waals surface area contributed by atoms with Gasteiger partial charge in [0.25, 0.3) is 0 Å². The van der Waals surface area contributed by atoms with Crippen LogP contribution in [0.5, 0.6) is 0 Å². The molecule has 1 fully saturated rings. The Morgan fingerprint density at radius 3 is 2.38 bits per heavy atom. The Labute approximate surface area is 171 Å². The predicted molar refractivity (Wildman–Crippen MR) is 110 cm³/mol. The zero-order valence-electron chi connectivity index (χ0n) is 16.4. The molecular weight excluding hydrogens is 393 g/mol. The van der Waals surface area contributed by atoms with E-state index in [0.29, 0.717) is 19.6 Å². The summed E-state index contributed by atoms with van der Waals surface area (Å²) < 4.78 is 40.0. The van der Waals surface area contributed by atoms with E-state index in [2.05, 4.69) is 24.4 Å². The number of carbonyl (C=O) groups is 1. The van der Waals surface area contributed by atoms with Crippen LogP contribution in [0.4, 0.5) is 9.18 Å². The summed E-state index contributed by atoms with van der Waals surface area (Å²) in [6.45, 7) is 3.57. The molecule has 2 aromatic rings. The Kier molecular flexibility index (Phi) is 6.87. The van der Waals surface area contributed by atoms with E-state index in [4.69, 9.17) is 0 Å². The summed E-state index contributed by atoms with van der Waals surface area (Å²) in [6.07, 6.45) is 0.907. The number of hydrogen-bond acceptors (Lipinski definition) is 3. The number of nitrogens with one attached hydrogen (secondary N) is 1. The lowest BCUT2D eigenvalue weighted by molar-refractivity contribution is 0.171. The molecule has 1 N–H and O–H groups in total. The topological polar surface area (TPSA) is 69.7 Å². The van der Waals surface area contributed by atoms with Crippen LogP contribution < -0.4 is 5.32 Å². The molecular formula is C21H26FN3O3S. The molecule has 2 amide bonds. The zero-order chi connectivity index (χ0) is 20.9. The van der Waals surface area contributed by atoms with Crippen LogP contribution >= 0.6 is 0 Å². The molecule has 1 unspecified atom stereocenters. The molecule has 0 spiro atoms. The van der Waals surface area contributed by atoms with Gasteiger partial charge in [0.1, 0.15) is 5.82 Å². The molecule has 0 bridgehead atoms. The van der Waals surface area contributed by atoms with Crippen molar-refractivity contribution in [1.29, 1.82) is 0 Å². The number of piperazine rings is 1. The van der Waals surface area contributed by atoms with E-state index in [0.717, 1.165) is 12.5 Å². The number of hydrogen-bond donors (Lipinski definition) is 1. The summed E-state index contributed by atoms with van der Waals surface area (Å²) in [4.78, 5) is 14.1. The van der Waals surface area contributed by atoms with Crippen LogP contribution in [0.25, 0.3) is 0 Å². The third kappa shape index (κ3) is 5.13. The van der Waals surface area contributed by atoms with Crippen molar-refractivity contribution in [3.05, 3.63) is 66.0 Å². The highest BCUT2D eigenvalue weighted by Crippen LogP contribution is 2.20. The van der Waals surface area contributed by atoms with Crippen LogP contribution in [0.15, 0.2) is 59.5 Å². The highest BCUT2D eigenvalue weighted by atomic mass is 32.2. The van der Waals surface area contributed by atoms with Gasteiger partial charge in [-0.05, 0) is 30.2 Å². The Morgan fingerprint density at radius 2 is 1.76 bits per heavy atom. The van der Waals surface area contributed by atoms with Gasteiger partial charge in [0.15, 0.2) is 0 Å². The molecule has 1 saturated heterocycles. The molecule has 1 heterocycles. The smallest absolute Gasteiger partial charge is 0.317 e. The summed E-state index contributed by atoms with van der Waals surface area (Å²) in [7, 11) is -3.76. The molecule has 1 aliphatic heterocycles. The quantitative estimate of drug-likeness (QED) is 0.783. The molecule has 0 aromatic heterocycles. The normalized spacial score (nSPS) is 16.4. The fourth-order valence-electron chi connectivity index (χ4n) is 3.45. The molecule has 3 rings (SSSR count). The maximum absolute atomic E-state index is 13.4. The van der Waals surface area contributed by atoms with Crippen molar-refractivity contribution in [2.24, 2.45) is 0 Å². The minimum atomic E-state index is -3.76. The summed E-state index contributed by atoms with van der Waals surface area (Å²) >= 11 is 0. The third-order valence-electron chi connectivity index (χ3n) is 5.22. The molecule has 0 aliphatic carbocycles. The van der Waals surface area contributed by atoms with E-state index in [1.807, 2.05) is 18.2 Å². The first-order chi connectivity index (χ1) is 13.9. The summed E-state index contributed by atoms with van der Waals surface area (Å²) in [5.74, 6) is -0.359. The number of halogens is 1. The van der Waals surface area contributed by atoms with Gasteiger partial charge in [0.2, 0.25) is 10.0 Å². The highest BCUT2D eigenvalue weighted by Gasteiger charge is 2.30. The monoisotopic (exact) mass is 419 g/mol. The second-order valence-corrected chi connectivity index (χ2v) is 8.99. The second kappa shape index (κ2) is 9.37. The Bertz CT molecular complexity index is 929. The average Bonchev–Trinajstić information content (AvgIpc) is 2.75. The van der Waals surface area contributed by atoms with E-state index >= 15 is 0 Å². The molecule has 29 heavy (non-hydrogen) atoms. The molecule has 0 saturated carbocycles. The van der Waals surface area contributed by atoms with Gasteiger partial charge in [0.05, 0.1) is 4.90 Å². The Morgan fingerprint density at radius 1 is 1.07 bits per heavy atom. The molecule has 1 aliphatic rings. The van der Waals surface area contributed by atoms with Gasteiger partial charge in [-0.3, -0.25) is 0 Å². The second-order valence-electron chi connectivity index (χ2n) is 7.05. The van der Waals surface area contributed by atoms with Gasteiger partial charge < -0.3 is 10.2 Å². The van der Waals surface area contributed by atoms with Crippen molar-refractivity contribution in [1.82, 2.24) is 14.5 Å². The first kappa shape index (κ1) is 21.3. The van der Waals surface area contributed by atoms with Gasteiger partial charge in [-0.15, -0.1) is 0 Å². The van der Waals surface area contributed by atoms with E-state index in [1.54, 1.807) is 4.90 Å². The zero-order valence-corrected chi connectivity index (χ0v) is 17.2. The molecule has 6 nitrogen and oxygen atoms in total. The minimum Gasteiger partial charge on any atom is -0.337 e. The predicted octanol–water partition coefficient (Wildman–Crippen LogP) is 3.04. The van der Waals surface area contributed by atoms with Crippen LogP contribution in [-0.4, -0.2) is 56.4 Å². The van der Waals surface area contributed by atoms with Crippen LogP contribution in [0.2, 0.25) is 0 Å².